The van der Waals surface area contributed by atoms with Gasteiger partial charge >= 0.3 is 0 Å². The highest BCUT2D eigenvalue weighted by Crippen LogP contribution is 2.14. The zero-order chi connectivity index (χ0) is 18.2. The molecule has 0 aliphatic heterocycles. The molecule has 0 atom stereocenters. The summed E-state index contributed by atoms with van der Waals surface area (Å²) in [5, 5.41) is 13.0. The van der Waals surface area contributed by atoms with Gasteiger partial charge in [-0.2, -0.15) is 0 Å². The molecule has 5 nitrogen and oxygen atoms in total. The maximum absolute atomic E-state index is 13.2. The Morgan fingerprint density at radius 3 is 2.60 bits per heavy atom. The van der Waals surface area contributed by atoms with Gasteiger partial charge in [0.25, 0.3) is 5.91 Å². The van der Waals surface area contributed by atoms with E-state index in [0.717, 1.165) is 17.7 Å². The third kappa shape index (κ3) is 5.49. The van der Waals surface area contributed by atoms with Crippen LogP contribution in [0.15, 0.2) is 48.8 Å². The van der Waals surface area contributed by atoms with Gasteiger partial charge in [-0.15, -0.1) is 0 Å². The van der Waals surface area contributed by atoms with Crippen molar-refractivity contribution in [3.8, 4) is 0 Å². The first kappa shape index (κ1) is 18.3. The molecule has 130 valence electrons. The lowest BCUT2D eigenvalue weighted by Gasteiger charge is -2.06. The highest BCUT2D eigenvalue weighted by atomic mass is 19.2. The Labute approximate surface area is 144 Å². The molecule has 0 saturated heterocycles. The number of pyridine rings is 1. The minimum absolute atomic E-state index is 0.200. The number of carbonyl (C=O) groups excluding carboxylic acids is 1. The van der Waals surface area contributed by atoms with Crippen molar-refractivity contribution in [2.45, 2.75) is 13.3 Å². The molecule has 1 aromatic heterocycles. The third-order valence-electron chi connectivity index (χ3n) is 3.28. The van der Waals surface area contributed by atoms with Gasteiger partial charge in [0.1, 0.15) is 11.5 Å². The number of anilines is 1. The summed E-state index contributed by atoms with van der Waals surface area (Å²) in [6.45, 7) is 2.60. The first-order valence-corrected chi connectivity index (χ1v) is 7.68. The van der Waals surface area contributed by atoms with Crippen molar-refractivity contribution in [3.63, 3.8) is 0 Å². The predicted octanol–water partition coefficient (Wildman–Crippen LogP) is 3.03. The Hall–Kier alpha value is -3.09. The molecular weight excluding hydrogens is 326 g/mol. The number of carbonyl (C=O) groups is 1. The summed E-state index contributed by atoms with van der Waals surface area (Å²) in [5.74, 6) is -2.04. The second kappa shape index (κ2) is 8.68. The maximum Gasteiger partial charge on any atom is 0.274 e. The van der Waals surface area contributed by atoms with Gasteiger partial charge in [0.05, 0.1) is 0 Å². The molecule has 0 aliphatic carbocycles. The number of benzene rings is 1. The summed E-state index contributed by atoms with van der Waals surface area (Å²) in [6, 6.07) is 7.05. The molecule has 25 heavy (non-hydrogen) atoms. The van der Waals surface area contributed by atoms with E-state index in [1.807, 2.05) is 6.92 Å². The van der Waals surface area contributed by atoms with Crippen LogP contribution in [0.2, 0.25) is 0 Å². The maximum atomic E-state index is 13.2. The molecule has 0 aliphatic rings. The molecule has 0 bridgehead atoms. The SMILES string of the molecule is CCN/C=C\C(=N)C(=O)Nc1ccc(Cc2ccc(F)c(F)c2)cn1. The average molecular weight is 344 g/mol. The highest BCUT2D eigenvalue weighted by Gasteiger charge is 2.08. The van der Waals surface area contributed by atoms with E-state index in [0.29, 0.717) is 24.3 Å². The molecule has 3 N–H and O–H groups in total. The number of halogens is 2. The summed E-state index contributed by atoms with van der Waals surface area (Å²) in [5.41, 5.74) is 1.20. The van der Waals surface area contributed by atoms with E-state index in [2.05, 4.69) is 15.6 Å². The molecule has 2 aromatic rings. The van der Waals surface area contributed by atoms with Crippen LogP contribution in [0.3, 0.4) is 0 Å². The molecule has 1 aromatic carbocycles. The highest BCUT2D eigenvalue weighted by molar-refractivity contribution is 6.45. The summed E-state index contributed by atoms with van der Waals surface area (Å²) in [6.07, 6.45) is 4.81. The van der Waals surface area contributed by atoms with Crippen molar-refractivity contribution >= 4 is 17.4 Å². The van der Waals surface area contributed by atoms with Crippen molar-refractivity contribution in [2.75, 3.05) is 11.9 Å². The number of rotatable bonds is 7. The number of nitrogens with one attached hydrogen (secondary N) is 3. The van der Waals surface area contributed by atoms with Crippen molar-refractivity contribution in [1.82, 2.24) is 10.3 Å². The van der Waals surface area contributed by atoms with Crippen molar-refractivity contribution in [2.24, 2.45) is 0 Å². The van der Waals surface area contributed by atoms with Crippen molar-refractivity contribution in [1.29, 1.82) is 5.41 Å². The predicted molar refractivity (Wildman–Crippen MR) is 92.6 cm³/mol. The summed E-state index contributed by atoms with van der Waals surface area (Å²) < 4.78 is 26.1. The smallest absolute Gasteiger partial charge is 0.274 e. The Morgan fingerprint density at radius 1 is 1.20 bits per heavy atom. The minimum atomic E-state index is -0.890. The normalized spacial score (nSPS) is 10.7. The summed E-state index contributed by atoms with van der Waals surface area (Å²) in [7, 11) is 0. The van der Waals surface area contributed by atoms with Gasteiger partial charge in [-0.1, -0.05) is 12.1 Å². The molecule has 7 heteroatoms. The second-order valence-corrected chi connectivity index (χ2v) is 5.24. The van der Waals surface area contributed by atoms with Crippen LogP contribution in [0.5, 0.6) is 0 Å². The third-order valence-corrected chi connectivity index (χ3v) is 3.28. The van der Waals surface area contributed by atoms with Gasteiger partial charge < -0.3 is 10.6 Å². The average Bonchev–Trinajstić information content (AvgIpc) is 2.60. The molecule has 0 spiro atoms. The van der Waals surface area contributed by atoms with E-state index in [1.54, 1.807) is 12.1 Å². The lowest BCUT2D eigenvalue weighted by atomic mass is 10.1. The Kier molecular flexibility index (Phi) is 6.33. The number of amides is 1. The van der Waals surface area contributed by atoms with Crippen LogP contribution in [-0.2, 0) is 11.2 Å². The van der Waals surface area contributed by atoms with Gasteiger partial charge in [-0.25, -0.2) is 13.8 Å². The molecule has 1 heterocycles. The van der Waals surface area contributed by atoms with Crippen molar-refractivity contribution in [3.05, 3.63) is 71.6 Å². The largest absolute Gasteiger partial charge is 0.391 e. The van der Waals surface area contributed by atoms with E-state index >= 15 is 0 Å². The van der Waals surface area contributed by atoms with E-state index < -0.39 is 17.5 Å². The number of aromatic nitrogens is 1. The van der Waals surface area contributed by atoms with Crippen LogP contribution in [0.4, 0.5) is 14.6 Å². The van der Waals surface area contributed by atoms with Gasteiger partial charge in [0, 0.05) is 12.7 Å². The van der Waals surface area contributed by atoms with Crippen LogP contribution in [-0.4, -0.2) is 23.1 Å². The fourth-order valence-corrected chi connectivity index (χ4v) is 2.01. The Balaban J connectivity index is 1.96. The molecule has 0 saturated carbocycles. The standard InChI is InChI=1S/C18H18F2N4O/c1-2-22-8-7-16(21)18(25)24-17-6-4-13(11-23-17)9-12-3-5-14(19)15(20)10-12/h3-8,10-11,21-22H,2,9H2,1H3,(H,23,24,25)/b8-7-,21-16?. The zero-order valence-corrected chi connectivity index (χ0v) is 13.6. The fraction of sp³-hybridized carbons (Fsp3) is 0.167. The van der Waals surface area contributed by atoms with Crippen molar-refractivity contribution < 1.29 is 13.6 Å². The lowest BCUT2D eigenvalue weighted by Crippen LogP contribution is -2.21. The van der Waals surface area contributed by atoms with E-state index in [1.165, 1.54) is 24.5 Å². The number of nitrogens with zero attached hydrogens (tertiary/aromatic N) is 1. The van der Waals surface area contributed by atoms with Gasteiger partial charge in [0.15, 0.2) is 11.6 Å². The minimum Gasteiger partial charge on any atom is -0.391 e. The van der Waals surface area contributed by atoms with Gasteiger partial charge in [-0.05, 0) is 54.9 Å². The molecule has 0 fully saturated rings. The van der Waals surface area contributed by atoms with Crippen LogP contribution < -0.4 is 10.6 Å². The van der Waals surface area contributed by atoms with Gasteiger partial charge in [-0.3, -0.25) is 10.2 Å². The number of hydrogen-bond acceptors (Lipinski definition) is 4. The van der Waals surface area contributed by atoms with Crippen LogP contribution >= 0.6 is 0 Å². The molecule has 0 radical (unpaired) electrons. The van der Waals surface area contributed by atoms with Crippen LogP contribution in [0.25, 0.3) is 0 Å². The molecule has 2 rings (SSSR count). The second-order valence-electron chi connectivity index (χ2n) is 5.24. The molecule has 1 amide bonds. The molecule has 0 unspecified atom stereocenters. The first-order chi connectivity index (χ1) is 12.0. The Bertz CT molecular complexity index is 788. The van der Waals surface area contributed by atoms with Crippen LogP contribution in [0, 0.1) is 17.0 Å². The quantitative estimate of drug-likeness (QED) is 0.676. The topological polar surface area (TPSA) is 77.9 Å². The van der Waals surface area contributed by atoms with Gasteiger partial charge in [0.2, 0.25) is 0 Å². The zero-order valence-electron chi connectivity index (χ0n) is 13.6. The fourth-order valence-electron chi connectivity index (χ4n) is 2.01. The molecular formula is C18H18F2N4O. The summed E-state index contributed by atoms with van der Waals surface area (Å²) in [4.78, 5) is 15.9. The first-order valence-electron chi connectivity index (χ1n) is 7.68. The van der Waals surface area contributed by atoms with E-state index in [4.69, 9.17) is 5.41 Å². The summed E-state index contributed by atoms with van der Waals surface area (Å²) >= 11 is 0. The lowest BCUT2D eigenvalue weighted by molar-refractivity contribution is -0.110. The van der Waals surface area contributed by atoms with Crippen LogP contribution in [0.1, 0.15) is 18.1 Å². The Morgan fingerprint density at radius 2 is 1.96 bits per heavy atom. The monoisotopic (exact) mass is 344 g/mol. The number of hydrogen-bond donors (Lipinski definition) is 3. The van der Waals surface area contributed by atoms with E-state index in [9.17, 15) is 13.6 Å². The van der Waals surface area contributed by atoms with E-state index in [-0.39, 0.29) is 5.71 Å².